The first kappa shape index (κ1) is 10.7. The lowest BCUT2D eigenvalue weighted by Gasteiger charge is -2.00. The molecule has 0 heterocycles. The van der Waals surface area contributed by atoms with Crippen molar-refractivity contribution in [3.05, 3.63) is 33.3 Å². The van der Waals surface area contributed by atoms with Crippen LogP contribution < -0.4 is 0 Å². The summed E-state index contributed by atoms with van der Waals surface area (Å²) in [5, 5.41) is 0.632. The monoisotopic (exact) mass is 260 g/mol. The summed E-state index contributed by atoms with van der Waals surface area (Å²) in [6.07, 6.45) is 1.47. The molecule has 1 aromatic carbocycles. The Bertz CT molecular complexity index is 323. The van der Waals surface area contributed by atoms with Crippen LogP contribution in [0.3, 0.4) is 0 Å². The summed E-state index contributed by atoms with van der Waals surface area (Å²) < 4.78 is 0.774. The van der Waals surface area contributed by atoms with Gasteiger partial charge in [0.1, 0.15) is 0 Å². The molecule has 0 aliphatic carbocycles. The van der Waals surface area contributed by atoms with E-state index in [-0.39, 0.29) is 5.78 Å². The molecule has 0 fully saturated rings. The fourth-order valence-electron chi connectivity index (χ4n) is 1.04. The number of carbonyl (C=O) groups is 1. The molecule has 0 N–H and O–H groups in total. The second kappa shape index (κ2) is 4.77. The van der Waals surface area contributed by atoms with Gasteiger partial charge in [-0.05, 0) is 40.5 Å². The highest BCUT2D eigenvalue weighted by Crippen LogP contribution is 2.23. The Morgan fingerprint density at radius 3 is 2.77 bits per heavy atom. The molecule has 0 aliphatic rings. The van der Waals surface area contributed by atoms with E-state index in [1.54, 1.807) is 18.2 Å². The van der Waals surface area contributed by atoms with Gasteiger partial charge in [0, 0.05) is 16.5 Å². The summed E-state index contributed by atoms with van der Waals surface area (Å²) in [5.41, 5.74) is 0.720. The number of hydrogen-bond acceptors (Lipinski definition) is 1. The molecule has 0 amide bonds. The van der Waals surface area contributed by atoms with E-state index in [0.717, 1.165) is 16.5 Å². The van der Waals surface area contributed by atoms with E-state index < -0.39 is 0 Å². The van der Waals surface area contributed by atoms with Crippen LogP contribution in [0.25, 0.3) is 0 Å². The normalized spacial score (nSPS) is 10.1. The molecule has 13 heavy (non-hydrogen) atoms. The fraction of sp³-hybridized carbons (Fsp3) is 0.300. The van der Waals surface area contributed by atoms with Crippen LogP contribution >= 0.6 is 27.5 Å². The van der Waals surface area contributed by atoms with Gasteiger partial charge in [0.25, 0.3) is 0 Å². The first-order valence-electron chi connectivity index (χ1n) is 4.13. The highest BCUT2D eigenvalue weighted by molar-refractivity contribution is 9.10. The van der Waals surface area contributed by atoms with Crippen molar-refractivity contribution >= 4 is 33.3 Å². The van der Waals surface area contributed by atoms with Crippen molar-refractivity contribution < 1.29 is 4.79 Å². The molecule has 0 atom stereocenters. The third-order valence-electron chi connectivity index (χ3n) is 1.72. The van der Waals surface area contributed by atoms with Crippen LogP contribution in [0.4, 0.5) is 0 Å². The molecule has 0 aliphatic heterocycles. The lowest BCUT2D eigenvalue weighted by Crippen LogP contribution is -1.97. The van der Waals surface area contributed by atoms with Gasteiger partial charge in [0.05, 0.1) is 5.02 Å². The molecule has 3 heteroatoms. The number of Topliss-reactive ketones (excluding diaryl/α,β-unsaturated/α-hetero) is 1. The maximum Gasteiger partial charge on any atom is 0.162 e. The van der Waals surface area contributed by atoms with Gasteiger partial charge in [0.2, 0.25) is 0 Å². The fourth-order valence-corrected chi connectivity index (χ4v) is 1.54. The second-order valence-corrected chi connectivity index (χ2v) is 4.06. The van der Waals surface area contributed by atoms with Crippen LogP contribution in [0.1, 0.15) is 30.1 Å². The Kier molecular flexibility index (Phi) is 3.94. The maximum absolute atomic E-state index is 11.4. The van der Waals surface area contributed by atoms with Crippen molar-refractivity contribution in [3.8, 4) is 0 Å². The standard InChI is InChI=1S/C10H10BrClO/c1-2-3-10(13)7-4-5-9(12)8(11)6-7/h4-6H,2-3H2,1H3. The third kappa shape index (κ3) is 2.82. The van der Waals surface area contributed by atoms with Crippen LogP contribution in [0.2, 0.25) is 5.02 Å². The third-order valence-corrected chi connectivity index (χ3v) is 2.93. The highest BCUT2D eigenvalue weighted by atomic mass is 79.9. The smallest absolute Gasteiger partial charge is 0.162 e. The topological polar surface area (TPSA) is 17.1 Å². The molecule has 1 aromatic rings. The van der Waals surface area contributed by atoms with Crippen molar-refractivity contribution in [3.63, 3.8) is 0 Å². The number of carbonyl (C=O) groups excluding carboxylic acids is 1. The average Bonchev–Trinajstić information content (AvgIpc) is 2.10. The van der Waals surface area contributed by atoms with Gasteiger partial charge >= 0.3 is 0 Å². The largest absolute Gasteiger partial charge is 0.294 e. The maximum atomic E-state index is 11.4. The molecule has 0 saturated carbocycles. The van der Waals surface area contributed by atoms with Gasteiger partial charge in [-0.3, -0.25) is 4.79 Å². The van der Waals surface area contributed by atoms with Crippen LogP contribution in [0.15, 0.2) is 22.7 Å². The van der Waals surface area contributed by atoms with Gasteiger partial charge in [-0.25, -0.2) is 0 Å². The quantitative estimate of drug-likeness (QED) is 0.749. The van der Waals surface area contributed by atoms with E-state index in [2.05, 4.69) is 15.9 Å². The van der Waals surface area contributed by atoms with Crippen LogP contribution in [0, 0.1) is 0 Å². The minimum atomic E-state index is 0.167. The summed E-state index contributed by atoms with van der Waals surface area (Å²) in [6, 6.07) is 5.25. The molecule has 0 spiro atoms. The lowest BCUT2D eigenvalue weighted by molar-refractivity contribution is 0.0981. The Balaban J connectivity index is 2.90. The summed E-state index contributed by atoms with van der Waals surface area (Å²) in [5.74, 6) is 0.167. The predicted molar refractivity (Wildman–Crippen MR) is 58.4 cm³/mol. The van der Waals surface area contributed by atoms with E-state index in [1.165, 1.54) is 0 Å². The molecule has 0 bridgehead atoms. The zero-order valence-electron chi connectivity index (χ0n) is 7.31. The van der Waals surface area contributed by atoms with Crippen LogP contribution in [-0.2, 0) is 0 Å². The van der Waals surface area contributed by atoms with E-state index in [4.69, 9.17) is 11.6 Å². The van der Waals surface area contributed by atoms with E-state index >= 15 is 0 Å². The summed E-state index contributed by atoms with van der Waals surface area (Å²) >= 11 is 9.09. The summed E-state index contributed by atoms with van der Waals surface area (Å²) in [4.78, 5) is 11.4. The lowest BCUT2D eigenvalue weighted by atomic mass is 10.1. The second-order valence-electron chi connectivity index (χ2n) is 2.80. The molecule has 0 aromatic heterocycles. The van der Waals surface area contributed by atoms with E-state index in [1.807, 2.05) is 6.92 Å². The molecule has 70 valence electrons. The Labute approximate surface area is 91.2 Å². The number of halogens is 2. The highest BCUT2D eigenvalue weighted by Gasteiger charge is 2.06. The molecule has 0 saturated heterocycles. The summed E-state index contributed by atoms with van der Waals surface area (Å²) in [6.45, 7) is 1.99. The van der Waals surface area contributed by atoms with Crippen LogP contribution in [-0.4, -0.2) is 5.78 Å². The van der Waals surface area contributed by atoms with Gasteiger partial charge in [-0.15, -0.1) is 0 Å². The zero-order valence-corrected chi connectivity index (χ0v) is 9.65. The number of hydrogen-bond donors (Lipinski definition) is 0. The minimum absolute atomic E-state index is 0.167. The van der Waals surface area contributed by atoms with Crippen molar-refractivity contribution in [2.75, 3.05) is 0 Å². The van der Waals surface area contributed by atoms with Crippen molar-refractivity contribution in [1.82, 2.24) is 0 Å². The SMILES string of the molecule is CCCC(=O)c1ccc(Cl)c(Br)c1. The Morgan fingerprint density at radius 1 is 1.54 bits per heavy atom. The predicted octanol–water partition coefficient (Wildman–Crippen LogP) is 4.09. The molecule has 0 radical (unpaired) electrons. The van der Waals surface area contributed by atoms with Gasteiger partial charge in [-0.1, -0.05) is 18.5 Å². The minimum Gasteiger partial charge on any atom is -0.294 e. The Morgan fingerprint density at radius 2 is 2.23 bits per heavy atom. The van der Waals surface area contributed by atoms with Crippen molar-refractivity contribution in [2.45, 2.75) is 19.8 Å². The number of benzene rings is 1. The molecule has 0 unspecified atom stereocenters. The van der Waals surface area contributed by atoms with Gasteiger partial charge < -0.3 is 0 Å². The van der Waals surface area contributed by atoms with Crippen LogP contribution in [0.5, 0.6) is 0 Å². The van der Waals surface area contributed by atoms with Crippen molar-refractivity contribution in [1.29, 1.82) is 0 Å². The summed E-state index contributed by atoms with van der Waals surface area (Å²) in [7, 11) is 0. The molecular weight excluding hydrogens is 251 g/mol. The van der Waals surface area contributed by atoms with E-state index in [0.29, 0.717) is 11.4 Å². The average molecular weight is 262 g/mol. The first-order chi connectivity index (χ1) is 6.15. The number of ketones is 1. The van der Waals surface area contributed by atoms with Gasteiger partial charge in [0.15, 0.2) is 5.78 Å². The van der Waals surface area contributed by atoms with Gasteiger partial charge in [-0.2, -0.15) is 0 Å². The van der Waals surface area contributed by atoms with Crippen molar-refractivity contribution in [2.24, 2.45) is 0 Å². The number of rotatable bonds is 3. The molecular formula is C10H10BrClO. The molecule has 1 rings (SSSR count). The molecule has 1 nitrogen and oxygen atoms in total. The first-order valence-corrected chi connectivity index (χ1v) is 5.30. The van der Waals surface area contributed by atoms with E-state index in [9.17, 15) is 4.79 Å². The zero-order chi connectivity index (χ0) is 9.84. The Hall–Kier alpha value is -0.340.